The molecule has 8 nitrogen and oxygen atoms in total. The number of fused-ring (bicyclic) bond motifs is 2. The average Bonchev–Trinajstić information content (AvgIpc) is 2.69. The molecule has 166 valence electrons. The van der Waals surface area contributed by atoms with Crippen molar-refractivity contribution in [2.45, 2.75) is 9.79 Å². The Kier molecular flexibility index (Phi) is 5.50. The van der Waals surface area contributed by atoms with Crippen LogP contribution in [0.25, 0.3) is 33.4 Å². The molecule has 0 radical (unpaired) electrons. The predicted octanol–water partition coefficient (Wildman–Crippen LogP) is 3.15. The molecule has 0 aromatic heterocycles. The van der Waals surface area contributed by atoms with E-state index < -0.39 is 30.0 Å². The molecule has 1 aliphatic carbocycles. The van der Waals surface area contributed by atoms with E-state index in [4.69, 9.17) is 4.42 Å². The molecule has 2 aliphatic rings. The first-order chi connectivity index (χ1) is 14.9. The normalized spacial score (nSPS) is 12.4. The van der Waals surface area contributed by atoms with Crippen LogP contribution < -0.4 is 9.93 Å². The topological polar surface area (TPSA) is 128 Å². The lowest BCUT2D eigenvalue weighted by Gasteiger charge is -2.19. The molecule has 4 rings (SSSR count). The van der Waals surface area contributed by atoms with E-state index in [1.54, 1.807) is 30.3 Å². The summed E-state index contributed by atoms with van der Waals surface area (Å²) in [7, 11) is -6.11. The van der Waals surface area contributed by atoms with E-state index in [-0.39, 0.29) is 5.56 Å². The van der Waals surface area contributed by atoms with E-state index in [9.17, 15) is 25.9 Å². The van der Waals surface area contributed by atoms with Crippen LogP contribution in [0.2, 0.25) is 0 Å². The number of nitrogens with zero attached hydrogens (tertiary/aromatic N) is 1. The van der Waals surface area contributed by atoms with E-state index in [0.29, 0.717) is 33.9 Å². The SMILES string of the molecule is C[N+](C)=c1ccc2c(-c3ccc(S(=O)(=O)O)cc3S(=O)(=O)[O-])c3ccc(Br)cc3oc-2c1. The molecule has 0 unspecified atom stereocenters. The minimum absolute atomic E-state index is 0.00174. The Bertz CT molecular complexity index is 1650. The fourth-order valence-corrected chi connectivity index (χ4v) is 5.13. The number of hydrogen-bond donors (Lipinski definition) is 1. The highest BCUT2D eigenvalue weighted by molar-refractivity contribution is 9.10. The van der Waals surface area contributed by atoms with Crippen LogP contribution in [-0.2, 0) is 20.2 Å². The smallest absolute Gasteiger partial charge is 0.294 e. The van der Waals surface area contributed by atoms with Gasteiger partial charge in [-0.25, -0.2) is 13.0 Å². The van der Waals surface area contributed by atoms with Crippen molar-refractivity contribution in [3.05, 3.63) is 64.4 Å². The summed E-state index contributed by atoms with van der Waals surface area (Å²) in [6.07, 6.45) is 0. The van der Waals surface area contributed by atoms with Gasteiger partial charge in [-0.1, -0.05) is 22.0 Å². The Morgan fingerprint density at radius 1 is 0.938 bits per heavy atom. The molecule has 0 amide bonds. The summed E-state index contributed by atoms with van der Waals surface area (Å²) in [5, 5.41) is 1.35. The van der Waals surface area contributed by atoms with Crippen molar-refractivity contribution < 1.29 is 30.4 Å². The number of hydrogen-bond acceptors (Lipinski definition) is 6. The summed E-state index contributed by atoms with van der Waals surface area (Å²) in [6, 6.07) is 13.4. The van der Waals surface area contributed by atoms with Gasteiger partial charge in [0.05, 0.1) is 15.9 Å². The largest absolute Gasteiger partial charge is 0.744 e. The highest BCUT2D eigenvalue weighted by atomic mass is 79.9. The number of rotatable bonds is 3. The lowest BCUT2D eigenvalue weighted by molar-refractivity contribution is 0.463. The van der Waals surface area contributed by atoms with Gasteiger partial charge in [-0.3, -0.25) is 4.55 Å². The van der Waals surface area contributed by atoms with Crippen molar-refractivity contribution >= 4 is 47.1 Å². The third-order valence-electron chi connectivity index (χ3n) is 4.97. The molecule has 0 saturated heterocycles. The zero-order valence-electron chi connectivity index (χ0n) is 16.7. The standard InChI is InChI=1S/C21H16BrNO7S2/c1-23(2)13-4-7-16-19(10-13)30-18-9-12(22)3-6-15(18)21(16)17-8-5-14(31(24,25)26)11-20(17)32(27,28)29/h3-11H,1-2H3,(H-,24,25,26,27,28,29). The number of halogens is 1. The summed E-state index contributed by atoms with van der Waals surface area (Å²) in [6.45, 7) is 0. The van der Waals surface area contributed by atoms with Crippen molar-refractivity contribution in [2.75, 3.05) is 14.1 Å². The van der Waals surface area contributed by atoms with Crippen molar-refractivity contribution in [3.63, 3.8) is 0 Å². The maximum atomic E-state index is 12.1. The molecule has 11 heteroatoms. The van der Waals surface area contributed by atoms with Crippen LogP contribution in [0.1, 0.15) is 0 Å². The Balaban J connectivity index is 2.23. The summed E-state index contributed by atoms with van der Waals surface area (Å²) in [5.41, 5.74) is 1.33. The van der Waals surface area contributed by atoms with Crippen LogP contribution in [0.15, 0.2) is 73.3 Å². The molecule has 0 atom stereocenters. The molecule has 1 aliphatic heterocycles. The monoisotopic (exact) mass is 537 g/mol. The van der Waals surface area contributed by atoms with Gasteiger partial charge in [0.2, 0.25) is 5.36 Å². The van der Waals surface area contributed by atoms with Crippen LogP contribution in [0, 0.1) is 0 Å². The molecular formula is C21H16BrNO7S2. The Hall–Kier alpha value is -2.57. The molecule has 1 N–H and O–H groups in total. The van der Waals surface area contributed by atoms with Gasteiger partial charge in [0.1, 0.15) is 35.6 Å². The third-order valence-corrected chi connectivity index (χ3v) is 7.19. The quantitative estimate of drug-likeness (QED) is 0.241. The van der Waals surface area contributed by atoms with E-state index >= 15 is 0 Å². The lowest BCUT2D eigenvalue weighted by atomic mass is 9.93. The van der Waals surface area contributed by atoms with Gasteiger partial charge >= 0.3 is 0 Å². The second-order valence-corrected chi connectivity index (χ2v) is 11.0. The Morgan fingerprint density at radius 2 is 1.62 bits per heavy atom. The minimum atomic E-state index is -5.11. The minimum Gasteiger partial charge on any atom is -0.744 e. The predicted molar refractivity (Wildman–Crippen MR) is 121 cm³/mol. The van der Waals surface area contributed by atoms with Crippen LogP contribution >= 0.6 is 15.9 Å². The highest BCUT2D eigenvalue weighted by Gasteiger charge is 2.24. The fourth-order valence-electron chi connectivity index (χ4n) is 3.50. The van der Waals surface area contributed by atoms with Gasteiger partial charge in [0, 0.05) is 32.6 Å². The molecule has 2 aromatic rings. The lowest BCUT2D eigenvalue weighted by Crippen LogP contribution is -2.21. The molecule has 2 aromatic carbocycles. The molecule has 0 spiro atoms. The molecule has 1 heterocycles. The van der Waals surface area contributed by atoms with Crippen molar-refractivity contribution in [1.82, 2.24) is 4.58 Å². The van der Waals surface area contributed by atoms with Crippen molar-refractivity contribution in [2.24, 2.45) is 0 Å². The van der Waals surface area contributed by atoms with Gasteiger partial charge in [0.25, 0.3) is 10.1 Å². The maximum absolute atomic E-state index is 12.1. The van der Waals surface area contributed by atoms with Gasteiger partial charge in [-0.15, -0.1) is 0 Å². The summed E-state index contributed by atoms with van der Waals surface area (Å²) < 4.78 is 77.4. The molecule has 32 heavy (non-hydrogen) atoms. The van der Waals surface area contributed by atoms with Crippen molar-refractivity contribution in [3.8, 4) is 22.5 Å². The van der Waals surface area contributed by atoms with E-state index in [1.165, 1.54) is 6.07 Å². The first kappa shape index (κ1) is 22.6. The van der Waals surface area contributed by atoms with Gasteiger partial charge < -0.3 is 8.97 Å². The second-order valence-electron chi connectivity index (χ2n) is 7.28. The van der Waals surface area contributed by atoms with E-state index in [2.05, 4.69) is 15.9 Å². The summed E-state index contributed by atoms with van der Waals surface area (Å²) in [5.74, 6) is 0.435. The second kappa shape index (κ2) is 7.78. The van der Waals surface area contributed by atoms with Crippen molar-refractivity contribution in [1.29, 1.82) is 0 Å². The summed E-state index contributed by atoms with van der Waals surface area (Å²) >= 11 is 3.38. The number of benzene rings is 3. The fraction of sp³-hybridized carbons (Fsp3) is 0.0952. The Labute approximate surface area is 192 Å². The molecule has 0 fully saturated rings. The van der Waals surface area contributed by atoms with Crippen LogP contribution in [0.3, 0.4) is 0 Å². The first-order valence-corrected chi connectivity index (χ1v) is 12.7. The Morgan fingerprint density at radius 3 is 2.25 bits per heavy atom. The molecular weight excluding hydrogens is 522 g/mol. The van der Waals surface area contributed by atoms with Gasteiger partial charge in [0.15, 0.2) is 0 Å². The van der Waals surface area contributed by atoms with Gasteiger partial charge in [-0.2, -0.15) is 8.42 Å². The van der Waals surface area contributed by atoms with Gasteiger partial charge in [-0.05, 0) is 36.4 Å². The van der Waals surface area contributed by atoms with E-state index in [0.717, 1.165) is 15.9 Å². The third kappa shape index (κ3) is 4.09. The zero-order chi connectivity index (χ0) is 23.4. The maximum Gasteiger partial charge on any atom is 0.294 e. The summed E-state index contributed by atoms with van der Waals surface area (Å²) in [4.78, 5) is -1.46. The zero-order valence-corrected chi connectivity index (χ0v) is 20.0. The molecule has 0 saturated carbocycles. The average molecular weight is 538 g/mol. The highest BCUT2D eigenvalue weighted by Crippen LogP contribution is 2.43. The first-order valence-electron chi connectivity index (χ1n) is 9.10. The molecule has 0 bridgehead atoms. The van der Waals surface area contributed by atoms with Crippen LogP contribution in [0.5, 0.6) is 0 Å². The van der Waals surface area contributed by atoms with Crippen LogP contribution in [-0.4, -0.2) is 40.0 Å². The van der Waals surface area contributed by atoms with Crippen LogP contribution in [0.4, 0.5) is 0 Å². The van der Waals surface area contributed by atoms with E-state index in [1.807, 2.05) is 24.7 Å².